The van der Waals surface area contributed by atoms with E-state index in [-0.39, 0.29) is 4.90 Å². The van der Waals surface area contributed by atoms with E-state index in [1.807, 2.05) is 4.57 Å². The Kier molecular flexibility index (Phi) is 8.14. The van der Waals surface area contributed by atoms with Gasteiger partial charge in [0.1, 0.15) is 11.1 Å². The molecule has 3 aromatic rings. The summed E-state index contributed by atoms with van der Waals surface area (Å²) < 4.78 is 42.7. The maximum Gasteiger partial charge on any atom is 0.243 e. The Morgan fingerprint density at radius 2 is 1.82 bits per heavy atom. The monoisotopic (exact) mass is 492 g/mol. The van der Waals surface area contributed by atoms with Gasteiger partial charge in [0.25, 0.3) is 0 Å². The zero-order valence-electron chi connectivity index (χ0n) is 19.0. The molecule has 1 amide bonds. The highest BCUT2D eigenvalue weighted by molar-refractivity contribution is 8.00. The molecule has 0 bridgehead atoms. The second-order valence-electron chi connectivity index (χ2n) is 7.59. The number of carbonyl (C=O) groups excluding carboxylic acids is 1. The SMILES string of the molecule is CCCCn1c(SC(C(N)=O)c2ccc(F)cc2)nc2cc(S(=O)(=O)N(CC)CC)ccc21. The fourth-order valence-corrected chi connectivity index (χ4v) is 6.18. The van der Waals surface area contributed by atoms with Gasteiger partial charge in [-0.3, -0.25) is 4.79 Å². The first kappa shape index (κ1) is 25.2. The lowest BCUT2D eigenvalue weighted by Crippen LogP contribution is -2.30. The van der Waals surface area contributed by atoms with Crippen LogP contribution in [0.15, 0.2) is 52.5 Å². The van der Waals surface area contributed by atoms with Gasteiger partial charge >= 0.3 is 0 Å². The number of rotatable bonds is 11. The Morgan fingerprint density at radius 3 is 2.39 bits per heavy atom. The average Bonchev–Trinajstić information content (AvgIpc) is 3.13. The van der Waals surface area contributed by atoms with E-state index in [0.717, 1.165) is 18.4 Å². The maximum atomic E-state index is 13.4. The summed E-state index contributed by atoms with van der Waals surface area (Å²) >= 11 is 1.18. The number of amides is 1. The lowest BCUT2D eigenvalue weighted by atomic mass is 10.1. The summed E-state index contributed by atoms with van der Waals surface area (Å²) in [6.07, 6.45) is 1.84. The summed E-state index contributed by atoms with van der Waals surface area (Å²) in [6.45, 7) is 7.08. The standard InChI is InChI=1S/C23H29FN4O3S2/c1-4-7-14-28-20-13-12-18(33(30,31)27(5-2)6-3)15-19(20)26-23(28)32-21(22(25)29)16-8-10-17(24)11-9-16/h8-13,15,21H,4-7,14H2,1-3H3,(H2,25,29). The van der Waals surface area contributed by atoms with Crippen molar-refractivity contribution in [2.75, 3.05) is 13.1 Å². The number of sulfonamides is 1. The Labute approximate surface area is 198 Å². The van der Waals surface area contributed by atoms with Crippen molar-refractivity contribution in [1.82, 2.24) is 13.9 Å². The predicted octanol–water partition coefficient (Wildman–Crippen LogP) is 4.32. The summed E-state index contributed by atoms with van der Waals surface area (Å²) in [5.41, 5.74) is 7.56. The normalized spacial score (nSPS) is 13.0. The molecule has 7 nitrogen and oxygen atoms in total. The van der Waals surface area contributed by atoms with Crippen molar-refractivity contribution < 1.29 is 17.6 Å². The van der Waals surface area contributed by atoms with Crippen molar-refractivity contribution in [3.8, 4) is 0 Å². The molecular formula is C23H29FN4O3S2. The maximum absolute atomic E-state index is 13.4. The summed E-state index contributed by atoms with van der Waals surface area (Å²) in [7, 11) is -3.63. The molecule has 0 saturated carbocycles. The highest BCUT2D eigenvalue weighted by Crippen LogP contribution is 2.37. The van der Waals surface area contributed by atoms with Gasteiger partial charge in [0.2, 0.25) is 15.9 Å². The van der Waals surface area contributed by atoms with Crippen molar-refractivity contribution in [1.29, 1.82) is 0 Å². The first-order chi connectivity index (χ1) is 15.7. The number of halogens is 1. The van der Waals surface area contributed by atoms with Gasteiger partial charge in [-0.1, -0.05) is 51.1 Å². The fraction of sp³-hybridized carbons (Fsp3) is 0.391. The van der Waals surface area contributed by atoms with Crippen molar-refractivity contribution in [3.05, 3.63) is 53.8 Å². The number of aryl methyl sites for hydroxylation is 1. The third-order valence-corrected chi connectivity index (χ3v) is 8.73. The molecule has 1 heterocycles. The number of hydrogen-bond acceptors (Lipinski definition) is 5. The minimum Gasteiger partial charge on any atom is -0.368 e. The lowest BCUT2D eigenvalue weighted by molar-refractivity contribution is -0.117. The van der Waals surface area contributed by atoms with Crippen molar-refractivity contribution >= 4 is 38.7 Å². The number of imidazole rings is 1. The first-order valence-corrected chi connectivity index (χ1v) is 13.3. The number of primary amides is 1. The topological polar surface area (TPSA) is 98.3 Å². The van der Waals surface area contributed by atoms with Gasteiger partial charge in [-0.05, 0) is 42.3 Å². The molecule has 0 saturated heterocycles. The molecule has 0 aliphatic heterocycles. The van der Waals surface area contributed by atoms with Crippen LogP contribution in [0.25, 0.3) is 11.0 Å². The van der Waals surface area contributed by atoms with Gasteiger partial charge in [0, 0.05) is 19.6 Å². The number of hydrogen-bond donors (Lipinski definition) is 1. The highest BCUT2D eigenvalue weighted by atomic mass is 32.2. The Bertz CT molecular complexity index is 1220. The van der Waals surface area contributed by atoms with Crippen molar-refractivity contribution in [2.45, 2.75) is 55.5 Å². The second-order valence-corrected chi connectivity index (χ2v) is 10.6. The summed E-state index contributed by atoms with van der Waals surface area (Å²) in [5.74, 6) is -0.963. The summed E-state index contributed by atoms with van der Waals surface area (Å²) in [4.78, 5) is 17.1. The lowest BCUT2D eigenvalue weighted by Gasteiger charge is -2.18. The molecule has 0 spiro atoms. The zero-order chi connectivity index (χ0) is 24.2. The third kappa shape index (κ3) is 5.39. The molecule has 178 valence electrons. The first-order valence-electron chi connectivity index (χ1n) is 10.9. The van der Waals surface area contributed by atoms with Gasteiger partial charge < -0.3 is 10.3 Å². The molecule has 2 N–H and O–H groups in total. The number of aromatic nitrogens is 2. The van der Waals surface area contributed by atoms with Crippen LogP contribution in [0.3, 0.4) is 0 Å². The molecular weight excluding hydrogens is 463 g/mol. The Morgan fingerprint density at radius 1 is 1.15 bits per heavy atom. The van der Waals surface area contributed by atoms with Crippen LogP contribution in [-0.2, 0) is 21.4 Å². The second kappa shape index (κ2) is 10.7. The van der Waals surface area contributed by atoms with Crippen LogP contribution in [0, 0.1) is 5.82 Å². The molecule has 1 unspecified atom stereocenters. The van der Waals surface area contributed by atoms with Gasteiger partial charge in [0.15, 0.2) is 5.16 Å². The molecule has 0 radical (unpaired) electrons. The largest absolute Gasteiger partial charge is 0.368 e. The van der Waals surface area contributed by atoms with E-state index in [1.165, 1.54) is 40.3 Å². The van der Waals surface area contributed by atoms with Crippen LogP contribution >= 0.6 is 11.8 Å². The number of thioether (sulfide) groups is 1. The van der Waals surface area contributed by atoms with E-state index in [2.05, 4.69) is 11.9 Å². The zero-order valence-corrected chi connectivity index (χ0v) is 20.6. The molecule has 33 heavy (non-hydrogen) atoms. The molecule has 2 aromatic carbocycles. The van der Waals surface area contributed by atoms with Crippen LogP contribution in [0.5, 0.6) is 0 Å². The Hall–Kier alpha value is -2.43. The Balaban J connectivity index is 2.07. The molecule has 1 aromatic heterocycles. The fourth-order valence-electron chi connectivity index (χ4n) is 3.62. The number of benzene rings is 2. The minimum absolute atomic E-state index is 0.181. The van der Waals surface area contributed by atoms with Gasteiger partial charge in [-0.2, -0.15) is 4.31 Å². The summed E-state index contributed by atoms with van der Waals surface area (Å²) in [5, 5.41) is -0.203. The van der Waals surface area contributed by atoms with E-state index in [4.69, 9.17) is 5.73 Å². The van der Waals surface area contributed by atoms with E-state index in [0.29, 0.717) is 35.9 Å². The van der Waals surface area contributed by atoms with E-state index in [9.17, 15) is 17.6 Å². The minimum atomic E-state index is -3.63. The van der Waals surface area contributed by atoms with Crippen LogP contribution in [0.2, 0.25) is 0 Å². The van der Waals surface area contributed by atoms with Crippen LogP contribution in [-0.4, -0.2) is 41.3 Å². The molecule has 10 heteroatoms. The number of unbranched alkanes of at least 4 members (excludes halogenated alkanes) is 1. The molecule has 0 aliphatic rings. The smallest absolute Gasteiger partial charge is 0.243 e. The van der Waals surface area contributed by atoms with Crippen LogP contribution in [0.4, 0.5) is 4.39 Å². The van der Waals surface area contributed by atoms with Crippen molar-refractivity contribution in [2.24, 2.45) is 5.73 Å². The molecule has 1 atom stereocenters. The molecule has 0 aliphatic carbocycles. The number of fused-ring (bicyclic) bond motifs is 1. The third-order valence-electron chi connectivity index (χ3n) is 5.42. The highest BCUT2D eigenvalue weighted by Gasteiger charge is 2.26. The van der Waals surface area contributed by atoms with Crippen molar-refractivity contribution in [3.63, 3.8) is 0 Å². The van der Waals surface area contributed by atoms with Crippen LogP contribution in [0.1, 0.15) is 44.4 Å². The van der Waals surface area contributed by atoms with Gasteiger partial charge in [-0.25, -0.2) is 17.8 Å². The quantitative estimate of drug-likeness (QED) is 0.402. The van der Waals surface area contributed by atoms with E-state index < -0.39 is 27.0 Å². The van der Waals surface area contributed by atoms with E-state index >= 15 is 0 Å². The van der Waals surface area contributed by atoms with E-state index in [1.54, 1.807) is 32.0 Å². The summed E-state index contributed by atoms with van der Waals surface area (Å²) in [6, 6.07) is 10.6. The number of carbonyl (C=O) groups is 1. The van der Waals surface area contributed by atoms with Crippen LogP contribution < -0.4 is 5.73 Å². The average molecular weight is 493 g/mol. The molecule has 0 fully saturated rings. The number of nitrogens with two attached hydrogens (primary N) is 1. The van der Waals surface area contributed by atoms with Gasteiger partial charge in [-0.15, -0.1) is 0 Å². The predicted molar refractivity (Wildman–Crippen MR) is 129 cm³/mol. The molecule has 3 rings (SSSR count). The number of nitrogens with zero attached hydrogens (tertiary/aromatic N) is 3. The van der Waals surface area contributed by atoms with Gasteiger partial charge in [0.05, 0.1) is 15.9 Å².